The van der Waals surface area contributed by atoms with E-state index in [1.165, 1.54) is 0 Å². The molecule has 0 fully saturated rings. The first-order valence-corrected chi connectivity index (χ1v) is 7.77. The van der Waals surface area contributed by atoms with Crippen LogP contribution in [0.3, 0.4) is 0 Å². The van der Waals surface area contributed by atoms with Crippen molar-refractivity contribution in [2.45, 2.75) is 20.0 Å². The number of halogens is 1. The lowest BCUT2D eigenvalue weighted by molar-refractivity contribution is 0.104. The van der Waals surface area contributed by atoms with E-state index in [9.17, 15) is 4.79 Å². The zero-order valence-electron chi connectivity index (χ0n) is 13.5. The fourth-order valence-corrected chi connectivity index (χ4v) is 2.72. The van der Waals surface area contributed by atoms with Crippen molar-refractivity contribution in [3.63, 3.8) is 0 Å². The number of nitrogens with one attached hydrogen (secondary N) is 2. The van der Waals surface area contributed by atoms with E-state index in [-0.39, 0.29) is 12.1 Å². The van der Waals surface area contributed by atoms with Gasteiger partial charge in [0.1, 0.15) is 6.10 Å². The van der Waals surface area contributed by atoms with Crippen molar-refractivity contribution in [2.75, 3.05) is 19.0 Å². The number of hydrogen-bond acceptors (Lipinski definition) is 2. The van der Waals surface area contributed by atoms with Crippen molar-refractivity contribution < 1.29 is 9.53 Å². The number of urea groups is 1. The van der Waals surface area contributed by atoms with Gasteiger partial charge in [0.15, 0.2) is 0 Å². The van der Waals surface area contributed by atoms with Crippen molar-refractivity contribution in [3.8, 4) is 0 Å². The number of methoxy groups -OCH3 is 1. The molecule has 0 bridgehead atoms. The molecular weight excluding hydrogens is 312 g/mol. The van der Waals surface area contributed by atoms with E-state index in [0.29, 0.717) is 11.6 Å². The Morgan fingerprint density at radius 2 is 1.83 bits per heavy atom. The minimum absolute atomic E-state index is 0.274. The van der Waals surface area contributed by atoms with Crippen LogP contribution in [0.4, 0.5) is 10.5 Å². The predicted molar refractivity (Wildman–Crippen MR) is 94.1 cm³/mol. The first kappa shape index (κ1) is 17.3. The van der Waals surface area contributed by atoms with Crippen LogP contribution in [0.1, 0.15) is 22.8 Å². The summed E-state index contributed by atoms with van der Waals surface area (Å²) >= 11 is 6.17. The van der Waals surface area contributed by atoms with Gasteiger partial charge in [-0.05, 0) is 43.2 Å². The summed E-state index contributed by atoms with van der Waals surface area (Å²) in [6.45, 7) is 4.32. The number of hydrogen-bond donors (Lipinski definition) is 2. The Kier molecular flexibility index (Phi) is 6.02. The first-order chi connectivity index (χ1) is 11.0. The Morgan fingerprint density at radius 3 is 2.43 bits per heavy atom. The summed E-state index contributed by atoms with van der Waals surface area (Å²) in [5, 5.41) is 6.26. The standard InChI is InChI=1S/C18H21ClN2O2/c1-12-8-13(2)10-14(9-12)21-18(22)20-11-17(23-3)15-6-4-5-7-16(15)19/h4-10,17H,11H2,1-3H3,(H2,20,21,22). The van der Waals surface area contributed by atoms with E-state index in [1.54, 1.807) is 13.2 Å². The van der Waals surface area contributed by atoms with Crippen LogP contribution in [0.25, 0.3) is 0 Å². The second-order valence-corrected chi connectivity index (χ2v) is 5.86. The summed E-state index contributed by atoms with van der Waals surface area (Å²) in [6, 6.07) is 13.1. The Hall–Kier alpha value is -2.04. The molecule has 2 rings (SSSR count). The van der Waals surface area contributed by atoms with Gasteiger partial charge in [-0.25, -0.2) is 4.79 Å². The summed E-state index contributed by atoms with van der Waals surface area (Å²) < 4.78 is 5.43. The molecule has 2 amide bonds. The van der Waals surface area contributed by atoms with Crippen LogP contribution in [-0.2, 0) is 4.74 Å². The molecule has 0 saturated carbocycles. The van der Waals surface area contributed by atoms with Crippen molar-refractivity contribution in [1.29, 1.82) is 0 Å². The van der Waals surface area contributed by atoms with Crippen molar-refractivity contribution >= 4 is 23.3 Å². The maximum atomic E-state index is 12.1. The normalized spacial score (nSPS) is 11.8. The third kappa shape index (κ3) is 4.98. The lowest BCUT2D eigenvalue weighted by Gasteiger charge is -2.18. The molecule has 0 spiro atoms. The smallest absolute Gasteiger partial charge is 0.319 e. The molecule has 1 atom stereocenters. The van der Waals surface area contributed by atoms with Gasteiger partial charge < -0.3 is 15.4 Å². The minimum atomic E-state index is -0.298. The Morgan fingerprint density at radius 1 is 1.17 bits per heavy atom. The maximum Gasteiger partial charge on any atom is 0.319 e. The van der Waals surface area contributed by atoms with Crippen molar-refractivity contribution in [1.82, 2.24) is 5.32 Å². The molecule has 4 nitrogen and oxygen atoms in total. The summed E-state index contributed by atoms with van der Waals surface area (Å²) in [4.78, 5) is 12.1. The van der Waals surface area contributed by atoms with E-state index < -0.39 is 0 Å². The molecule has 0 heterocycles. The minimum Gasteiger partial charge on any atom is -0.375 e. The average molecular weight is 333 g/mol. The monoisotopic (exact) mass is 332 g/mol. The molecule has 1 unspecified atom stereocenters. The van der Waals surface area contributed by atoms with Crippen LogP contribution in [0, 0.1) is 13.8 Å². The number of aryl methyl sites for hydroxylation is 2. The van der Waals surface area contributed by atoms with Crippen LogP contribution in [0.2, 0.25) is 5.02 Å². The number of rotatable bonds is 5. The number of carbonyl (C=O) groups excluding carboxylic acids is 1. The van der Waals surface area contributed by atoms with Gasteiger partial charge in [-0.15, -0.1) is 0 Å². The molecule has 23 heavy (non-hydrogen) atoms. The molecule has 0 aliphatic rings. The largest absolute Gasteiger partial charge is 0.375 e. The molecule has 2 aromatic carbocycles. The molecule has 0 aliphatic heterocycles. The Bertz CT molecular complexity index is 668. The number of carbonyl (C=O) groups is 1. The molecule has 122 valence electrons. The van der Waals surface area contributed by atoms with Gasteiger partial charge in [0.25, 0.3) is 0 Å². The topological polar surface area (TPSA) is 50.4 Å². The fourth-order valence-electron chi connectivity index (χ4n) is 2.46. The molecule has 0 saturated heterocycles. The van der Waals surface area contributed by atoms with E-state index in [2.05, 4.69) is 16.7 Å². The Labute approximate surface area is 141 Å². The zero-order chi connectivity index (χ0) is 16.8. The lowest BCUT2D eigenvalue weighted by Crippen LogP contribution is -2.33. The quantitative estimate of drug-likeness (QED) is 0.849. The van der Waals surface area contributed by atoms with E-state index in [0.717, 1.165) is 22.4 Å². The van der Waals surface area contributed by atoms with Crippen LogP contribution >= 0.6 is 11.6 Å². The second-order valence-electron chi connectivity index (χ2n) is 5.46. The number of benzene rings is 2. The number of anilines is 1. The molecule has 0 aromatic heterocycles. The van der Waals surface area contributed by atoms with E-state index >= 15 is 0 Å². The average Bonchev–Trinajstić information content (AvgIpc) is 2.48. The highest BCUT2D eigenvalue weighted by atomic mass is 35.5. The van der Waals surface area contributed by atoms with Gasteiger partial charge in [-0.1, -0.05) is 35.9 Å². The van der Waals surface area contributed by atoms with Gasteiger partial charge in [-0.3, -0.25) is 0 Å². The summed E-state index contributed by atoms with van der Waals surface area (Å²) in [6.07, 6.45) is -0.298. The van der Waals surface area contributed by atoms with E-state index in [1.807, 2.05) is 44.2 Å². The number of ether oxygens (including phenoxy) is 1. The summed E-state index contributed by atoms with van der Waals surface area (Å²) in [5.41, 5.74) is 3.83. The van der Waals surface area contributed by atoms with Gasteiger partial charge >= 0.3 is 6.03 Å². The highest BCUT2D eigenvalue weighted by Gasteiger charge is 2.15. The van der Waals surface area contributed by atoms with Crippen LogP contribution < -0.4 is 10.6 Å². The van der Waals surface area contributed by atoms with Crippen LogP contribution in [-0.4, -0.2) is 19.7 Å². The molecule has 2 N–H and O–H groups in total. The second kappa shape index (κ2) is 7.99. The van der Waals surface area contributed by atoms with E-state index in [4.69, 9.17) is 16.3 Å². The Balaban J connectivity index is 1.96. The van der Waals surface area contributed by atoms with Gasteiger partial charge in [0, 0.05) is 29.9 Å². The fraction of sp³-hybridized carbons (Fsp3) is 0.278. The SMILES string of the molecule is COC(CNC(=O)Nc1cc(C)cc(C)c1)c1ccccc1Cl. The van der Waals surface area contributed by atoms with Gasteiger partial charge in [0.05, 0.1) is 0 Å². The summed E-state index contributed by atoms with van der Waals surface area (Å²) in [5.74, 6) is 0. The molecule has 5 heteroatoms. The van der Waals surface area contributed by atoms with Crippen molar-refractivity contribution in [2.24, 2.45) is 0 Å². The third-order valence-corrected chi connectivity index (χ3v) is 3.81. The lowest BCUT2D eigenvalue weighted by atomic mass is 10.1. The zero-order valence-corrected chi connectivity index (χ0v) is 14.3. The molecule has 0 aliphatic carbocycles. The number of amides is 2. The van der Waals surface area contributed by atoms with Gasteiger partial charge in [0.2, 0.25) is 0 Å². The molecule has 2 aromatic rings. The highest BCUT2D eigenvalue weighted by molar-refractivity contribution is 6.31. The van der Waals surface area contributed by atoms with Crippen LogP contribution in [0.5, 0.6) is 0 Å². The molecular formula is C18H21ClN2O2. The molecule has 0 radical (unpaired) electrons. The predicted octanol–water partition coefficient (Wildman–Crippen LogP) is 4.47. The summed E-state index contributed by atoms with van der Waals surface area (Å²) in [7, 11) is 1.59. The maximum absolute atomic E-state index is 12.1. The van der Waals surface area contributed by atoms with Gasteiger partial charge in [-0.2, -0.15) is 0 Å². The van der Waals surface area contributed by atoms with Crippen LogP contribution in [0.15, 0.2) is 42.5 Å². The van der Waals surface area contributed by atoms with Crippen molar-refractivity contribution in [3.05, 3.63) is 64.2 Å². The first-order valence-electron chi connectivity index (χ1n) is 7.40. The highest BCUT2D eigenvalue weighted by Crippen LogP contribution is 2.24. The third-order valence-electron chi connectivity index (χ3n) is 3.46.